The monoisotopic (exact) mass is 352 g/mol. The molecule has 2 amide bonds. The summed E-state index contributed by atoms with van der Waals surface area (Å²) in [6, 6.07) is 14.8. The highest BCUT2D eigenvalue weighted by molar-refractivity contribution is 5.96. The molecule has 5 nitrogen and oxygen atoms in total. The van der Waals surface area contributed by atoms with Gasteiger partial charge in [0.2, 0.25) is 5.91 Å². The first kappa shape index (κ1) is 18.0. The summed E-state index contributed by atoms with van der Waals surface area (Å²) >= 11 is 0. The summed E-state index contributed by atoms with van der Waals surface area (Å²) in [5.74, 6) is 0.574. The number of para-hydroxylation sites is 1. The maximum Gasteiger partial charge on any atom is 0.253 e. The number of benzene rings is 2. The predicted molar refractivity (Wildman–Crippen MR) is 101 cm³/mol. The van der Waals surface area contributed by atoms with Gasteiger partial charge in [0.1, 0.15) is 12.4 Å². The Morgan fingerprint density at radius 1 is 1.08 bits per heavy atom. The van der Waals surface area contributed by atoms with Crippen molar-refractivity contribution in [3.63, 3.8) is 0 Å². The van der Waals surface area contributed by atoms with Crippen molar-refractivity contribution < 1.29 is 14.3 Å². The van der Waals surface area contributed by atoms with Crippen LogP contribution in [0, 0.1) is 5.92 Å². The molecule has 1 aliphatic rings. The van der Waals surface area contributed by atoms with Crippen molar-refractivity contribution in [1.29, 1.82) is 0 Å². The number of ether oxygens (including phenoxy) is 1. The SMILES string of the molecule is CCN(CC)C(=O)c1ccc(NC(=O)[C@H]2COc3ccccc3C2)cc1. The first-order chi connectivity index (χ1) is 12.6. The zero-order valence-electron chi connectivity index (χ0n) is 15.2. The molecule has 0 spiro atoms. The molecular formula is C21H24N2O3. The fourth-order valence-electron chi connectivity index (χ4n) is 3.13. The van der Waals surface area contributed by atoms with Crippen molar-refractivity contribution in [1.82, 2.24) is 4.90 Å². The van der Waals surface area contributed by atoms with Crippen LogP contribution in [0.2, 0.25) is 0 Å². The van der Waals surface area contributed by atoms with Crippen LogP contribution in [0.1, 0.15) is 29.8 Å². The normalized spacial score (nSPS) is 15.5. The molecule has 1 aliphatic heterocycles. The summed E-state index contributed by atoms with van der Waals surface area (Å²) in [4.78, 5) is 26.6. The van der Waals surface area contributed by atoms with Crippen LogP contribution >= 0.6 is 0 Å². The van der Waals surface area contributed by atoms with Crippen LogP contribution < -0.4 is 10.1 Å². The molecule has 5 heteroatoms. The van der Waals surface area contributed by atoms with Crippen molar-refractivity contribution in [2.24, 2.45) is 5.92 Å². The summed E-state index contributed by atoms with van der Waals surface area (Å²) in [6.07, 6.45) is 0.667. The van der Waals surface area contributed by atoms with Crippen LogP contribution in [0.15, 0.2) is 48.5 Å². The lowest BCUT2D eigenvalue weighted by Gasteiger charge is -2.24. The topological polar surface area (TPSA) is 58.6 Å². The highest BCUT2D eigenvalue weighted by Gasteiger charge is 2.25. The lowest BCUT2D eigenvalue weighted by molar-refractivity contribution is -0.121. The lowest BCUT2D eigenvalue weighted by Crippen LogP contribution is -2.32. The molecule has 136 valence electrons. The van der Waals surface area contributed by atoms with Gasteiger partial charge in [0.15, 0.2) is 0 Å². The fourth-order valence-corrected chi connectivity index (χ4v) is 3.13. The van der Waals surface area contributed by atoms with E-state index in [1.54, 1.807) is 29.2 Å². The fraction of sp³-hybridized carbons (Fsp3) is 0.333. The summed E-state index contributed by atoms with van der Waals surface area (Å²) in [5.41, 5.74) is 2.37. The first-order valence-corrected chi connectivity index (χ1v) is 9.03. The molecular weight excluding hydrogens is 328 g/mol. The van der Waals surface area contributed by atoms with Gasteiger partial charge in [-0.05, 0) is 56.2 Å². The number of hydrogen-bond donors (Lipinski definition) is 1. The van der Waals surface area contributed by atoms with Crippen molar-refractivity contribution in [3.05, 3.63) is 59.7 Å². The van der Waals surface area contributed by atoms with Crippen LogP contribution in [0.25, 0.3) is 0 Å². The molecule has 1 N–H and O–H groups in total. The van der Waals surface area contributed by atoms with E-state index in [2.05, 4.69) is 5.32 Å². The molecule has 2 aromatic carbocycles. The molecule has 0 fully saturated rings. The lowest BCUT2D eigenvalue weighted by atomic mass is 9.96. The number of carbonyl (C=O) groups is 2. The van der Waals surface area contributed by atoms with Crippen molar-refractivity contribution >= 4 is 17.5 Å². The van der Waals surface area contributed by atoms with Crippen molar-refractivity contribution in [2.75, 3.05) is 25.0 Å². The minimum atomic E-state index is -0.220. The number of nitrogens with one attached hydrogen (secondary N) is 1. The number of carbonyl (C=O) groups excluding carboxylic acids is 2. The minimum absolute atomic E-state index is 0.00478. The van der Waals surface area contributed by atoms with E-state index in [0.717, 1.165) is 11.3 Å². The van der Waals surface area contributed by atoms with E-state index in [-0.39, 0.29) is 17.7 Å². The highest BCUT2D eigenvalue weighted by Crippen LogP contribution is 2.27. The molecule has 0 radical (unpaired) electrons. The van der Waals surface area contributed by atoms with E-state index in [1.165, 1.54) is 0 Å². The first-order valence-electron chi connectivity index (χ1n) is 9.03. The van der Waals surface area contributed by atoms with Gasteiger partial charge in [0.05, 0.1) is 5.92 Å². The minimum Gasteiger partial charge on any atom is -0.492 e. The van der Waals surface area contributed by atoms with Gasteiger partial charge in [-0.1, -0.05) is 18.2 Å². The van der Waals surface area contributed by atoms with Crippen LogP contribution in [0.4, 0.5) is 5.69 Å². The van der Waals surface area contributed by atoms with Gasteiger partial charge in [-0.2, -0.15) is 0 Å². The molecule has 1 heterocycles. The average molecular weight is 352 g/mol. The van der Waals surface area contributed by atoms with Gasteiger partial charge in [-0.15, -0.1) is 0 Å². The van der Waals surface area contributed by atoms with E-state index in [4.69, 9.17) is 4.74 Å². The highest BCUT2D eigenvalue weighted by atomic mass is 16.5. The third-order valence-electron chi connectivity index (χ3n) is 4.70. The number of nitrogens with zero attached hydrogens (tertiary/aromatic N) is 1. The molecule has 0 saturated carbocycles. The molecule has 0 aliphatic carbocycles. The second kappa shape index (κ2) is 8.04. The molecule has 1 atom stereocenters. The van der Waals surface area contributed by atoms with Crippen LogP contribution in [-0.4, -0.2) is 36.4 Å². The van der Waals surface area contributed by atoms with Gasteiger partial charge in [0.25, 0.3) is 5.91 Å². The van der Waals surface area contributed by atoms with E-state index in [9.17, 15) is 9.59 Å². The number of rotatable bonds is 5. The molecule has 0 saturated heterocycles. The molecule has 2 aromatic rings. The summed E-state index contributed by atoms with van der Waals surface area (Å²) < 4.78 is 5.69. The Kier molecular flexibility index (Phi) is 5.56. The second-order valence-electron chi connectivity index (χ2n) is 6.36. The van der Waals surface area contributed by atoms with Crippen LogP contribution in [0.5, 0.6) is 5.75 Å². The molecule has 3 rings (SSSR count). The Bertz CT molecular complexity index is 782. The maximum absolute atomic E-state index is 12.5. The zero-order valence-corrected chi connectivity index (χ0v) is 15.2. The van der Waals surface area contributed by atoms with Crippen molar-refractivity contribution in [3.8, 4) is 5.75 Å². The van der Waals surface area contributed by atoms with Gasteiger partial charge in [-0.25, -0.2) is 0 Å². The maximum atomic E-state index is 12.5. The molecule has 0 bridgehead atoms. The van der Waals surface area contributed by atoms with Gasteiger partial charge < -0.3 is 15.0 Å². The van der Waals surface area contributed by atoms with Crippen molar-refractivity contribution in [2.45, 2.75) is 20.3 Å². The zero-order chi connectivity index (χ0) is 18.5. The van der Waals surface area contributed by atoms with E-state index >= 15 is 0 Å². The quantitative estimate of drug-likeness (QED) is 0.898. The second-order valence-corrected chi connectivity index (χ2v) is 6.36. The Labute approximate surface area is 154 Å². The van der Waals surface area contributed by atoms with E-state index in [0.29, 0.717) is 37.4 Å². The van der Waals surface area contributed by atoms with E-state index in [1.807, 2.05) is 38.1 Å². The molecule has 0 aromatic heterocycles. The number of fused-ring (bicyclic) bond motifs is 1. The summed E-state index contributed by atoms with van der Waals surface area (Å²) in [7, 11) is 0. The summed E-state index contributed by atoms with van der Waals surface area (Å²) in [5, 5.41) is 2.92. The standard InChI is InChI=1S/C21H24N2O3/c1-3-23(4-2)21(25)15-9-11-18(12-10-15)22-20(24)17-13-16-7-5-6-8-19(16)26-14-17/h5-12,17H,3-4,13-14H2,1-2H3,(H,22,24)/t17-/m1/s1. The molecule has 0 unspecified atom stereocenters. The Hall–Kier alpha value is -2.82. The van der Waals surface area contributed by atoms with Crippen LogP contribution in [0.3, 0.4) is 0 Å². The molecule has 26 heavy (non-hydrogen) atoms. The van der Waals surface area contributed by atoms with Gasteiger partial charge in [-0.3, -0.25) is 9.59 Å². The number of anilines is 1. The summed E-state index contributed by atoms with van der Waals surface area (Å²) in [6.45, 7) is 5.65. The van der Waals surface area contributed by atoms with Gasteiger partial charge in [0, 0.05) is 24.3 Å². The third kappa shape index (κ3) is 3.87. The van der Waals surface area contributed by atoms with Gasteiger partial charge >= 0.3 is 0 Å². The average Bonchev–Trinajstić information content (AvgIpc) is 2.69. The third-order valence-corrected chi connectivity index (χ3v) is 4.70. The number of amides is 2. The smallest absolute Gasteiger partial charge is 0.253 e. The Morgan fingerprint density at radius 3 is 2.46 bits per heavy atom. The van der Waals surface area contributed by atoms with Crippen LogP contribution in [-0.2, 0) is 11.2 Å². The van der Waals surface area contributed by atoms with E-state index < -0.39 is 0 Å². The predicted octanol–water partition coefficient (Wildman–Crippen LogP) is 3.36. The largest absolute Gasteiger partial charge is 0.492 e. The Morgan fingerprint density at radius 2 is 1.77 bits per heavy atom. The number of hydrogen-bond acceptors (Lipinski definition) is 3. The Balaban J connectivity index is 1.63.